The highest BCUT2D eigenvalue weighted by molar-refractivity contribution is 7.08. The van der Waals surface area contributed by atoms with Gasteiger partial charge in [-0.1, -0.05) is 30.3 Å². The van der Waals surface area contributed by atoms with Crippen LogP contribution in [-0.2, 0) is 0 Å². The molecule has 0 unspecified atom stereocenters. The number of thiazole rings is 1. The summed E-state index contributed by atoms with van der Waals surface area (Å²) in [5.41, 5.74) is 8.57. The molecule has 0 amide bonds. The highest BCUT2D eigenvalue weighted by Crippen LogP contribution is 2.41. The number of ether oxygens (including phenoxy) is 3. The molecule has 0 saturated heterocycles. The molecule has 0 radical (unpaired) electrons. The Bertz CT molecular complexity index is 1980. The molecule has 0 aliphatic rings. The fourth-order valence-electron chi connectivity index (χ4n) is 4.81. The van der Waals surface area contributed by atoms with Crippen LogP contribution in [0.15, 0.2) is 99.2 Å². The second kappa shape index (κ2) is 12.7. The van der Waals surface area contributed by atoms with Crippen LogP contribution < -0.4 is 19.0 Å². The highest BCUT2D eigenvalue weighted by Gasteiger charge is 2.18. The molecule has 6 rings (SSSR count). The normalized spacial score (nSPS) is 11.8. The van der Waals surface area contributed by atoms with Crippen molar-refractivity contribution in [2.45, 2.75) is 13.8 Å². The maximum Gasteiger partial charge on any atom is 0.211 e. The van der Waals surface area contributed by atoms with Crippen LogP contribution in [-0.4, -0.2) is 42.0 Å². The number of thiophene rings is 1. The predicted octanol–water partition coefficient (Wildman–Crippen LogP) is 7.89. The fourth-order valence-corrected chi connectivity index (χ4v) is 6.30. The monoisotopic (exact) mass is 621 g/mol. The third-order valence-corrected chi connectivity index (χ3v) is 8.81. The zero-order chi connectivity index (χ0) is 30.6. The molecule has 3 aromatic heterocycles. The van der Waals surface area contributed by atoms with Gasteiger partial charge in [-0.3, -0.25) is 0 Å². The van der Waals surface area contributed by atoms with Crippen LogP contribution >= 0.6 is 22.7 Å². The van der Waals surface area contributed by atoms with E-state index in [2.05, 4.69) is 36.7 Å². The van der Waals surface area contributed by atoms with Crippen molar-refractivity contribution in [2.24, 2.45) is 10.1 Å². The topological polar surface area (TPSA) is 75.2 Å². The Morgan fingerprint density at radius 3 is 2.30 bits per heavy atom. The van der Waals surface area contributed by atoms with Gasteiger partial charge in [-0.05, 0) is 66.8 Å². The lowest BCUT2D eigenvalue weighted by molar-refractivity contribution is 0.324. The summed E-state index contributed by atoms with van der Waals surface area (Å²) in [6, 6.07) is 22.1. The Balaban J connectivity index is 1.55. The number of hydrogen-bond donors (Lipinski definition) is 0. The van der Waals surface area contributed by atoms with E-state index in [-0.39, 0.29) is 0 Å². The summed E-state index contributed by atoms with van der Waals surface area (Å²) in [4.78, 5) is 5.78. The van der Waals surface area contributed by atoms with Crippen molar-refractivity contribution < 1.29 is 14.2 Å². The first-order valence-electron chi connectivity index (χ1n) is 13.8. The average molecular weight is 622 g/mol. The van der Waals surface area contributed by atoms with Gasteiger partial charge in [0.1, 0.15) is 5.69 Å². The zero-order valence-corrected chi connectivity index (χ0v) is 26.6. The quantitative estimate of drug-likeness (QED) is 0.154. The predicted molar refractivity (Wildman–Crippen MR) is 178 cm³/mol. The standard InChI is InChI=1S/C34H31N5O3S2/c1-22-10-9-13-28(23(22)2)36-34-39(29(21-44-34)25-16-30(40-3)33(42-5)31(17-25)41-4)35-18-26-19-38(27-11-7-6-8-12-27)37-32(26)24-14-15-43-20-24/h6-21H,1-5H3/b35-18-,36-34?. The molecule has 44 heavy (non-hydrogen) atoms. The van der Waals surface area contributed by atoms with Crippen LogP contribution in [0.2, 0.25) is 0 Å². The minimum Gasteiger partial charge on any atom is -0.493 e. The van der Waals surface area contributed by atoms with Crippen molar-refractivity contribution in [3.8, 4) is 45.5 Å². The second-order valence-corrected chi connectivity index (χ2v) is 11.5. The Morgan fingerprint density at radius 1 is 0.841 bits per heavy atom. The lowest BCUT2D eigenvalue weighted by Crippen LogP contribution is -2.12. The third-order valence-electron chi connectivity index (χ3n) is 7.31. The number of nitrogens with zero attached hydrogens (tertiary/aromatic N) is 5. The van der Waals surface area contributed by atoms with Gasteiger partial charge < -0.3 is 14.2 Å². The van der Waals surface area contributed by atoms with Gasteiger partial charge in [-0.25, -0.2) is 14.4 Å². The van der Waals surface area contributed by atoms with Crippen LogP contribution in [0, 0.1) is 13.8 Å². The molecule has 10 heteroatoms. The van der Waals surface area contributed by atoms with Crippen LogP contribution in [0.25, 0.3) is 28.2 Å². The second-order valence-electron chi connectivity index (χ2n) is 9.93. The smallest absolute Gasteiger partial charge is 0.211 e. The number of aryl methyl sites for hydroxylation is 1. The SMILES string of the molecule is COc1cc(-c2csc(=Nc3cccc(C)c3C)n2/N=C\c2cn(-c3ccccc3)nc2-c2ccsc2)cc(OC)c1OC. The first-order valence-corrected chi connectivity index (χ1v) is 15.7. The number of rotatable bonds is 9. The van der Waals surface area contributed by atoms with E-state index >= 15 is 0 Å². The summed E-state index contributed by atoms with van der Waals surface area (Å²) >= 11 is 3.14. The minimum absolute atomic E-state index is 0.526. The molecule has 0 N–H and O–H groups in total. The fraction of sp³-hybridized carbons (Fsp3) is 0.147. The molecule has 0 aliphatic heterocycles. The Labute approximate surface area is 263 Å². The molecule has 3 heterocycles. The molecular formula is C34H31N5O3S2. The van der Waals surface area contributed by atoms with Crippen LogP contribution in [0.1, 0.15) is 16.7 Å². The Kier molecular flexibility index (Phi) is 8.44. The van der Waals surface area contributed by atoms with Crippen molar-refractivity contribution in [1.29, 1.82) is 0 Å². The third kappa shape index (κ3) is 5.69. The van der Waals surface area contributed by atoms with Gasteiger partial charge in [0.25, 0.3) is 0 Å². The molecule has 0 aliphatic carbocycles. The molecule has 8 nitrogen and oxygen atoms in total. The van der Waals surface area contributed by atoms with E-state index in [1.54, 1.807) is 32.7 Å². The minimum atomic E-state index is 0.526. The van der Waals surface area contributed by atoms with E-state index in [9.17, 15) is 0 Å². The van der Waals surface area contributed by atoms with Gasteiger partial charge in [-0.2, -0.15) is 21.5 Å². The number of methoxy groups -OCH3 is 3. The van der Waals surface area contributed by atoms with Crippen molar-refractivity contribution in [3.05, 3.63) is 111 Å². The van der Waals surface area contributed by atoms with E-state index in [0.717, 1.165) is 45.0 Å². The molecule has 0 saturated carbocycles. The number of para-hydroxylation sites is 1. The van der Waals surface area contributed by atoms with E-state index in [1.165, 1.54) is 16.9 Å². The van der Waals surface area contributed by atoms with Gasteiger partial charge >= 0.3 is 0 Å². The number of benzene rings is 3. The van der Waals surface area contributed by atoms with Gasteiger partial charge in [0, 0.05) is 33.6 Å². The van der Waals surface area contributed by atoms with E-state index in [1.807, 2.05) is 81.7 Å². The highest BCUT2D eigenvalue weighted by atomic mass is 32.1. The Morgan fingerprint density at radius 2 is 1.61 bits per heavy atom. The van der Waals surface area contributed by atoms with Crippen LogP contribution in [0.3, 0.4) is 0 Å². The van der Waals surface area contributed by atoms with E-state index in [0.29, 0.717) is 22.0 Å². The molecule has 0 fully saturated rings. The molecule has 0 spiro atoms. The van der Waals surface area contributed by atoms with Gasteiger partial charge in [0.05, 0.1) is 44.6 Å². The molecule has 3 aromatic carbocycles. The maximum atomic E-state index is 5.66. The summed E-state index contributed by atoms with van der Waals surface area (Å²) in [5.74, 6) is 1.64. The van der Waals surface area contributed by atoms with Crippen molar-refractivity contribution in [3.63, 3.8) is 0 Å². The van der Waals surface area contributed by atoms with Gasteiger partial charge in [-0.15, -0.1) is 11.3 Å². The van der Waals surface area contributed by atoms with Gasteiger partial charge in [0.2, 0.25) is 10.6 Å². The Hall–Kier alpha value is -4.93. The number of hydrogen-bond acceptors (Lipinski definition) is 8. The molecule has 0 bridgehead atoms. The molecule has 222 valence electrons. The first-order chi connectivity index (χ1) is 21.5. The lowest BCUT2D eigenvalue weighted by Gasteiger charge is -2.14. The summed E-state index contributed by atoms with van der Waals surface area (Å²) in [6.07, 6.45) is 3.84. The summed E-state index contributed by atoms with van der Waals surface area (Å²) < 4.78 is 20.6. The van der Waals surface area contributed by atoms with E-state index in [4.69, 9.17) is 29.4 Å². The summed E-state index contributed by atoms with van der Waals surface area (Å²) in [5, 5.41) is 16.2. The summed E-state index contributed by atoms with van der Waals surface area (Å²) in [6.45, 7) is 4.17. The molecule has 6 aromatic rings. The van der Waals surface area contributed by atoms with E-state index < -0.39 is 0 Å². The van der Waals surface area contributed by atoms with Crippen LogP contribution in [0.5, 0.6) is 17.2 Å². The average Bonchev–Trinajstić information content (AvgIpc) is 3.82. The molecular weight excluding hydrogens is 591 g/mol. The molecule has 0 atom stereocenters. The van der Waals surface area contributed by atoms with Crippen molar-refractivity contribution in [1.82, 2.24) is 14.5 Å². The summed E-state index contributed by atoms with van der Waals surface area (Å²) in [7, 11) is 4.81. The largest absolute Gasteiger partial charge is 0.493 e. The van der Waals surface area contributed by atoms with Crippen LogP contribution in [0.4, 0.5) is 5.69 Å². The number of aromatic nitrogens is 3. The lowest BCUT2D eigenvalue weighted by atomic mass is 10.1. The van der Waals surface area contributed by atoms with Crippen molar-refractivity contribution in [2.75, 3.05) is 21.3 Å². The maximum absolute atomic E-state index is 5.66. The zero-order valence-electron chi connectivity index (χ0n) is 25.0. The van der Waals surface area contributed by atoms with Crippen molar-refractivity contribution >= 4 is 34.6 Å². The first kappa shape index (κ1) is 29.2. The van der Waals surface area contributed by atoms with Gasteiger partial charge in [0.15, 0.2) is 11.5 Å².